The highest BCUT2D eigenvalue weighted by Gasteiger charge is 2.35. The number of carbonyl (C=O) groups is 1. The number of nitrogens with zero attached hydrogens (tertiary/aromatic N) is 3. The quantitative estimate of drug-likeness (QED) is 0.414. The van der Waals surface area contributed by atoms with Gasteiger partial charge < -0.3 is 9.47 Å². The Kier molecular flexibility index (Phi) is 5.09. The van der Waals surface area contributed by atoms with Gasteiger partial charge in [0.25, 0.3) is 0 Å². The van der Waals surface area contributed by atoms with Gasteiger partial charge in [-0.25, -0.2) is 4.98 Å². The van der Waals surface area contributed by atoms with Gasteiger partial charge >= 0.3 is 0 Å². The van der Waals surface area contributed by atoms with Crippen molar-refractivity contribution < 1.29 is 4.79 Å². The Hall–Kier alpha value is -3.40. The Morgan fingerprint density at radius 3 is 2.47 bits per heavy atom. The molecule has 0 radical (unpaired) electrons. The maximum absolute atomic E-state index is 13.1. The number of hydrogen-bond acceptors (Lipinski definition) is 2. The van der Waals surface area contributed by atoms with E-state index in [1.165, 1.54) is 22.3 Å². The molecule has 0 spiro atoms. The van der Waals surface area contributed by atoms with Gasteiger partial charge in [-0.3, -0.25) is 4.79 Å². The van der Waals surface area contributed by atoms with E-state index in [4.69, 9.17) is 4.98 Å². The van der Waals surface area contributed by atoms with E-state index in [1.54, 1.807) is 0 Å². The largest absolute Gasteiger partial charge is 0.323 e. The second-order valence-corrected chi connectivity index (χ2v) is 9.17. The molecule has 2 heterocycles. The summed E-state index contributed by atoms with van der Waals surface area (Å²) in [5.41, 5.74) is 9.32. The van der Waals surface area contributed by atoms with Gasteiger partial charge in [0, 0.05) is 31.1 Å². The van der Waals surface area contributed by atoms with Gasteiger partial charge in [0.15, 0.2) is 0 Å². The lowest BCUT2D eigenvalue weighted by molar-refractivity contribution is -0.117. The molecular weight excluding hydrogens is 394 g/mol. The van der Waals surface area contributed by atoms with Gasteiger partial charge in [-0.15, -0.1) is 0 Å². The van der Waals surface area contributed by atoms with Crippen molar-refractivity contribution in [3.63, 3.8) is 0 Å². The van der Waals surface area contributed by atoms with Crippen LogP contribution in [0.1, 0.15) is 46.0 Å². The molecule has 4 nitrogen and oxygen atoms in total. The SMILES string of the molecule is Cc1ccc(N2CC(c3nc4ccccc4n3Cc3cc(C)ccc3C)CC2=O)c(C)c1. The number of carbonyl (C=O) groups excluding carboxylic acids is 1. The van der Waals surface area contributed by atoms with Crippen LogP contribution >= 0.6 is 0 Å². The number of aryl methyl sites for hydroxylation is 4. The molecule has 162 valence electrons. The number of hydrogen-bond donors (Lipinski definition) is 0. The van der Waals surface area contributed by atoms with Crippen LogP contribution in [-0.2, 0) is 11.3 Å². The summed E-state index contributed by atoms with van der Waals surface area (Å²) in [5, 5.41) is 0. The van der Waals surface area contributed by atoms with Crippen molar-refractivity contribution in [2.24, 2.45) is 0 Å². The standard InChI is InChI=1S/C28H29N3O/c1-18-10-12-25(21(4)13-18)30-17-23(15-27(30)32)28-29-24-7-5-6-8-26(24)31(28)16-22-14-19(2)9-11-20(22)3/h5-14,23H,15-17H2,1-4H3. The Morgan fingerprint density at radius 1 is 0.906 bits per heavy atom. The molecule has 1 aliphatic rings. The average Bonchev–Trinajstić information content (AvgIpc) is 3.31. The number of rotatable bonds is 4. The normalized spacial score (nSPS) is 16.3. The third-order valence-electron chi connectivity index (χ3n) is 6.65. The minimum Gasteiger partial charge on any atom is -0.323 e. The van der Waals surface area contributed by atoms with Gasteiger partial charge in [-0.05, 0) is 62.6 Å². The van der Waals surface area contributed by atoms with Gasteiger partial charge in [0.1, 0.15) is 5.82 Å². The monoisotopic (exact) mass is 423 g/mol. The molecule has 5 rings (SSSR count). The molecule has 4 heteroatoms. The second kappa shape index (κ2) is 7.94. The van der Waals surface area contributed by atoms with E-state index >= 15 is 0 Å². The van der Waals surface area contributed by atoms with E-state index in [9.17, 15) is 4.79 Å². The predicted molar refractivity (Wildman–Crippen MR) is 130 cm³/mol. The number of benzene rings is 3. The van der Waals surface area contributed by atoms with Gasteiger partial charge in [-0.1, -0.05) is 53.6 Å². The lowest BCUT2D eigenvalue weighted by atomic mass is 10.0. The van der Waals surface area contributed by atoms with E-state index in [-0.39, 0.29) is 11.8 Å². The smallest absolute Gasteiger partial charge is 0.227 e. The summed E-state index contributed by atoms with van der Waals surface area (Å²) in [6.07, 6.45) is 0.490. The van der Waals surface area contributed by atoms with Crippen LogP contribution in [0.25, 0.3) is 11.0 Å². The highest BCUT2D eigenvalue weighted by atomic mass is 16.2. The molecule has 1 aromatic heterocycles. The van der Waals surface area contributed by atoms with Crippen molar-refractivity contribution >= 4 is 22.6 Å². The minimum absolute atomic E-state index is 0.0701. The molecule has 1 fully saturated rings. The number of amides is 1. The highest BCUT2D eigenvalue weighted by Crippen LogP contribution is 2.35. The first-order chi connectivity index (χ1) is 15.4. The lowest BCUT2D eigenvalue weighted by Gasteiger charge is -2.20. The molecule has 1 aliphatic heterocycles. The maximum atomic E-state index is 13.1. The second-order valence-electron chi connectivity index (χ2n) is 9.17. The fourth-order valence-corrected chi connectivity index (χ4v) is 4.93. The van der Waals surface area contributed by atoms with E-state index in [0.717, 1.165) is 34.7 Å². The summed E-state index contributed by atoms with van der Waals surface area (Å²) >= 11 is 0. The number of anilines is 1. The van der Waals surface area contributed by atoms with Crippen LogP contribution in [0.15, 0.2) is 60.7 Å². The topological polar surface area (TPSA) is 38.1 Å². The first kappa shape index (κ1) is 20.5. The van der Waals surface area contributed by atoms with E-state index in [0.29, 0.717) is 13.0 Å². The molecule has 0 N–H and O–H groups in total. The van der Waals surface area contributed by atoms with Crippen LogP contribution in [0.5, 0.6) is 0 Å². The van der Waals surface area contributed by atoms with Gasteiger partial charge in [0.05, 0.1) is 11.0 Å². The maximum Gasteiger partial charge on any atom is 0.227 e. The summed E-state index contributed by atoms with van der Waals surface area (Å²) < 4.78 is 2.32. The number of imidazole rings is 1. The highest BCUT2D eigenvalue weighted by molar-refractivity contribution is 5.97. The van der Waals surface area contributed by atoms with Crippen molar-refractivity contribution in [3.8, 4) is 0 Å². The van der Waals surface area contributed by atoms with E-state index < -0.39 is 0 Å². The first-order valence-electron chi connectivity index (χ1n) is 11.3. The molecular formula is C28H29N3O. The Bertz CT molecular complexity index is 1330. The van der Waals surface area contributed by atoms with Crippen LogP contribution in [0.4, 0.5) is 5.69 Å². The molecule has 3 aromatic carbocycles. The molecule has 1 unspecified atom stereocenters. The number of aromatic nitrogens is 2. The Morgan fingerprint density at radius 2 is 1.66 bits per heavy atom. The molecule has 4 aromatic rings. The zero-order chi connectivity index (χ0) is 22.4. The molecule has 0 aliphatic carbocycles. The number of fused-ring (bicyclic) bond motifs is 1. The summed E-state index contributed by atoms with van der Waals surface area (Å²) in [6, 6.07) is 21.2. The molecule has 1 saturated heterocycles. The molecule has 1 atom stereocenters. The van der Waals surface area contributed by atoms with E-state index in [1.807, 2.05) is 11.0 Å². The van der Waals surface area contributed by atoms with Crippen molar-refractivity contribution in [3.05, 3.63) is 94.3 Å². The molecule has 1 amide bonds. The minimum atomic E-state index is 0.0701. The summed E-state index contributed by atoms with van der Waals surface area (Å²) in [5.74, 6) is 1.25. The zero-order valence-electron chi connectivity index (χ0n) is 19.2. The fraction of sp³-hybridized carbons (Fsp3) is 0.286. The van der Waals surface area contributed by atoms with Crippen molar-refractivity contribution in [2.75, 3.05) is 11.4 Å². The Labute approximate surface area is 189 Å². The van der Waals surface area contributed by atoms with Gasteiger partial charge in [0.2, 0.25) is 5.91 Å². The average molecular weight is 424 g/mol. The fourth-order valence-electron chi connectivity index (χ4n) is 4.93. The van der Waals surface area contributed by atoms with Gasteiger partial charge in [-0.2, -0.15) is 0 Å². The number of para-hydroxylation sites is 2. The van der Waals surface area contributed by atoms with Crippen LogP contribution in [0.3, 0.4) is 0 Å². The summed E-state index contributed by atoms with van der Waals surface area (Å²) in [7, 11) is 0. The summed E-state index contributed by atoms with van der Waals surface area (Å²) in [4.78, 5) is 20.0. The van der Waals surface area contributed by atoms with Crippen molar-refractivity contribution in [1.29, 1.82) is 0 Å². The zero-order valence-corrected chi connectivity index (χ0v) is 19.2. The third-order valence-corrected chi connectivity index (χ3v) is 6.65. The molecule has 0 bridgehead atoms. The van der Waals surface area contributed by atoms with Crippen LogP contribution in [0, 0.1) is 27.7 Å². The molecule has 0 saturated carbocycles. The first-order valence-corrected chi connectivity index (χ1v) is 11.3. The Balaban J connectivity index is 1.55. The molecule has 32 heavy (non-hydrogen) atoms. The summed E-state index contributed by atoms with van der Waals surface area (Å²) in [6.45, 7) is 9.89. The lowest BCUT2D eigenvalue weighted by Crippen LogP contribution is -2.25. The van der Waals surface area contributed by atoms with Crippen molar-refractivity contribution in [2.45, 2.75) is 46.6 Å². The van der Waals surface area contributed by atoms with Crippen LogP contribution in [0.2, 0.25) is 0 Å². The third kappa shape index (κ3) is 3.60. The van der Waals surface area contributed by atoms with Crippen LogP contribution < -0.4 is 4.90 Å². The predicted octanol–water partition coefficient (Wildman–Crippen LogP) is 5.84. The van der Waals surface area contributed by atoms with Crippen LogP contribution in [-0.4, -0.2) is 22.0 Å². The van der Waals surface area contributed by atoms with E-state index in [2.05, 4.69) is 86.9 Å². The van der Waals surface area contributed by atoms with Crippen molar-refractivity contribution in [1.82, 2.24) is 9.55 Å².